The molecule has 2 aliphatic rings. The van der Waals surface area contributed by atoms with Crippen LogP contribution in [-0.2, 0) is 10.0 Å². The standard InChI is InChI=1S/C13H17FN2O2S/c1-15-8-6-13-12(15)7-9-16(13)19(17,18)11-4-2-10(14)3-5-11/h2-5,12-13H,6-9H2,1H3/t12-,13-/m0/s1. The highest BCUT2D eigenvalue weighted by Crippen LogP contribution is 2.34. The Balaban J connectivity index is 1.91. The quantitative estimate of drug-likeness (QED) is 0.822. The minimum absolute atomic E-state index is 0.0695. The van der Waals surface area contributed by atoms with Gasteiger partial charge in [0.1, 0.15) is 5.82 Å². The van der Waals surface area contributed by atoms with Gasteiger partial charge in [-0.15, -0.1) is 0 Å². The van der Waals surface area contributed by atoms with Crippen LogP contribution >= 0.6 is 0 Å². The summed E-state index contributed by atoms with van der Waals surface area (Å²) < 4.78 is 39.7. The summed E-state index contributed by atoms with van der Waals surface area (Å²) in [6.07, 6.45) is 1.75. The van der Waals surface area contributed by atoms with Crippen LogP contribution in [0.15, 0.2) is 29.2 Å². The second-order valence-corrected chi connectivity index (χ2v) is 7.15. The number of nitrogens with zero attached hydrogens (tertiary/aromatic N) is 2. The third kappa shape index (κ3) is 2.07. The van der Waals surface area contributed by atoms with Gasteiger partial charge in [0, 0.05) is 18.6 Å². The molecule has 2 aliphatic heterocycles. The fourth-order valence-corrected chi connectivity index (χ4v) is 4.90. The van der Waals surface area contributed by atoms with Crippen LogP contribution in [0.5, 0.6) is 0 Å². The summed E-state index contributed by atoms with van der Waals surface area (Å²) in [5.74, 6) is -0.418. The van der Waals surface area contributed by atoms with Crippen LogP contribution < -0.4 is 0 Å². The van der Waals surface area contributed by atoms with E-state index >= 15 is 0 Å². The first kappa shape index (κ1) is 13.0. The number of likely N-dealkylation sites (tertiary alicyclic amines) is 1. The largest absolute Gasteiger partial charge is 0.302 e. The van der Waals surface area contributed by atoms with Gasteiger partial charge in [0.25, 0.3) is 0 Å². The SMILES string of the molecule is CN1CC[C@H]2[C@@H]1CCN2S(=O)(=O)c1ccc(F)cc1. The Kier molecular flexibility index (Phi) is 3.11. The minimum Gasteiger partial charge on any atom is -0.302 e. The van der Waals surface area contributed by atoms with Gasteiger partial charge in [-0.25, -0.2) is 12.8 Å². The zero-order valence-corrected chi connectivity index (χ0v) is 11.6. The molecule has 0 unspecified atom stereocenters. The number of likely N-dealkylation sites (N-methyl/N-ethyl adjacent to an activating group) is 1. The van der Waals surface area contributed by atoms with E-state index < -0.39 is 15.8 Å². The molecule has 0 amide bonds. The number of halogens is 1. The van der Waals surface area contributed by atoms with Crippen molar-refractivity contribution in [1.82, 2.24) is 9.21 Å². The van der Waals surface area contributed by atoms with Crippen molar-refractivity contribution in [3.63, 3.8) is 0 Å². The molecule has 3 rings (SSSR count). The lowest BCUT2D eigenvalue weighted by molar-refractivity contribution is 0.300. The molecule has 1 aromatic carbocycles. The van der Waals surface area contributed by atoms with Gasteiger partial charge in [0.05, 0.1) is 4.90 Å². The number of hydrogen-bond donors (Lipinski definition) is 0. The summed E-state index contributed by atoms with van der Waals surface area (Å²) in [6.45, 7) is 1.49. The molecule has 0 saturated carbocycles. The van der Waals surface area contributed by atoms with Crippen molar-refractivity contribution in [3.05, 3.63) is 30.1 Å². The smallest absolute Gasteiger partial charge is 0.243 e. The number of fused-ring (bicyclic) bond motifs is 1. The Hall–Kier alpha value is -0.980. The van der Waals surface area contributed by atoms with Crippen LogP contribution in [-0.4, -0.2) is 49.8 Å². The zero-order valence-electron chi connectivity index (χ0n) is 10.8. The number of hydrogen-bond acceptors (Lipinski definition) is 3. The van der Waals surface area contributed by atoms with Crippen LogP contribution in [0, 0.1) is 5.82 Å². The predicted octanol–water partition coefficient (Wildman–Crippen LogP) is 1.29. The Bertz CT molecular complexity index is 573. The van der Waals surface area contributed by atoms with Gasteiger partial charge in [0.2, 0.25) is 10.0 Å². The maximum absolute atomic E-state index is 12.9. The van der Waals surface area contributed by atoms with Crippen molar-refractivity contribution >= 4 is 10.0 Å². The van der Waals surface area contributed by atoms with Crippen LogP contribution in [0.25, 0.3) is 0 Å². The van der Waals surface area contributed by atoms with E-state index in [-0.39, 0.29) is 10.9 Å². The van der Waals surface area contributed by atoms with Crippen LogP contribution in [0.2, 0.25) is 0 Å². The number of benzene rings is 1. The Morgan fingerprint density at radius 1 is 1.11 bits per heavy atom. The molecule has 0 aliphatic carbocycles. The average Bonchev–Trinajstić information content (AvgIpc) is 2.93. The molecule has 2 saturated heterocycles. The van der Waals surface area contributed by atoms with Gasteiger partial charge in [0.15, 0.2) is 0 Å². The van der Waals surface area contributed by atoms with E-state index in [2.05, 4.69) is 4.90 Å². The van der Waals surface area contributed by atoms with E-state index in [1.54, 1.807) is 4.31 Å². The summed E-state index contributed by atoms with van der Waals surface area (Å²) in [5, 5.41) is 0. The molecule has 2 fully saturated rings. The predicted molar refractivity (Wildman–Crippen MR) is 69.7 cm³/mol. The second kappa shape index (κ2) is 4.54. The average molecular weight is 284 g/mol. The third-order valence-corrected chi connectivity index (χ3v) is 6.16. The maximum Gasteiger partial charge on any atom is 0.243 e. The highest BCUT2D eigenvalue weighted by molar-refractivity contribution is 7.89. The van der Waals surface area contributed by atoms with Crippen molar-refractivity contribution in [1.29, 1.82) is 0 Å². The monoisotopic (exact) mass is 284 g/mol. The van der Waals surface area contributed by atoms with Crippen molar-refractivity contribution in [2.24, 2.45) is 0 Å². The maximum atomic E-state index is 12.9. The zero-order chi connectivity index (χ0) is 13.6. The van der Waals surface area contributed by atoms with Crippen molar-refractivity contribution < 1.29 is 12.8 Å². The normalized spacial score (nSPS) is 28.7. The molecular weight excluding hydrogens is 267 g/mol. The first-order chi connectivity index (χ1) is 9.00. The highest BCUT2D eigenvalue weighted by atomic mass is 32.2. The summed E-state index contributed by atoms with van der Waals surface area (Å²) in [4.78, 5) is 2.41. The molecule has 19 heavy (non-hydrogen) atoms. The van der Waals surface area contributed by atoms with Crippen molar-refractivity contribution in [2.45, 2.75) is 29.8 Å². The topological polar surface area (TPSA) is 40.6 Å². The van der Waals surface area contributed by atoms with Gasteiger partial charge >= 0.3 is 0 Å². The van der Waals surface area contributed by atoms with Crippen LogP contribution in [0.4, 0.5) is 4.39 Å². The van der Waals surface area contributed by atoms with E-state index in [9.17, 15) is 12.8 Å². The lowest BCUT2D eigenvalue weighted by Crippen LogP contribution is -2.38. The van der Waals surface area contributed by atoms with Gasteiger partial charge in [-0.1, -0.05) is 0 Å². The Morgan fingerprint density at radius 2 is 1.74 bits per heavy atom. The molecule has 0 radical (unpaired) electrons. The first-order valence-electron chi connectivity index (χ1n) is 6.48. The minimum atomic E-state index is -3.49. The second-order valence-electron chi connectivity index (χ2n) is 5.26. The van der Waals surface area contributed by atoms with E-state index in [1.165, 1.54) is 24.3 Å². The van der Waals surface area contributed by atoms with Crippen LogP contribution in [0.1, 0.15) is 12.8 Å². The molecule has 2 atom stereocenters. The fourth-order valence-electron chi connectivity index (χ4n) is 3.20. The van der Waals surface area contributed by atoms with Crippen LogP contribution in [0.3, 0.4) is 0 Å². The molecule has 2 heterocycles. The summed E-state index contributed by atoms with van der Waals surface area (Å²) >= 11 is 0. The molecule has 0 aromatic heterocycles. The molecule has 0 N–H and O–H groups in total. The fraction of sp³-hybridized carbons (Fsp3) is 0.538. The van der Waals surface area contributed by atoms with Crippen molar-refractivity contribution in [2.75, 3.05) is 20.1 Å². The lowest BCUT2D eigenvalue weighted by atomic mass is 10.1. The Labute approximate surface area is 112 Å². The summed E-state index contributed by atoms with van der Waals surface area (Å²) in [7, 11) is -1.45. The van der Waals surface area contributed by atoms with Crippen molar-refractivity contribution in [3.8, 4) is 0 Å². The first-order valence-corrected chi connectivity index (χ1v) is 7.92. The van der Waals surface area contributed by atoms with E-state index in [1.807, 2.05) is 7.05 Å². The molecule has 104 valence electrons. The van der Waals surface area contributed by atoms with Gasteiger partial charge in [-0.3, -0.25) is 0 Å². The number of rotatable bonds is 2. The molecule has 1 aromatic rings. The van der Waals surface area contributed by atoms with E-state index in [0.29, 0.717) is 12.6 Å². The molecule has 4 nitrogen and oxygen atoms in total. The molecule has 0 spiro atoms. The highest BCUT2D eigenvalue weighted by Gasteiger charge is 2.46. The molecular formula is C13H17FN2O2S. The Morgan fingerprint density at radius 3 is 2.42 bits per heavy atom. The summed E-state index contributed by atoms with van der Waals surface area (Å²) in [6, 6.07) is 5.48. The number of sulfonamides is 1. The lowest BCUT2D eigenvalue weighted by Gasteiger charge is -2.23. The molecule has 0 bridgehead atoms. The van der Waals surface area contributed by atoms with E-state index in [0.717, 1.165) is 19.4 Å². The third-order valence-electron chi connectivity index (χ3n) is 4.22. The van der Waals surface area contributed by atoms with E-state index in [4.69, 9.17) is 0 Å². The van der Waals surface area contributed by atoms with Gasteiger partial charge in [-0.2, -0.15) is 4.31 Å². The van der Waals surface area contributed by atoms with Gasteiger partial charge in [-0.05, 0) is 50.7 Å². The molecule has 6 heteroatoms. The summed E-state index contributed by atoms with van der Waals surface area (Å²) in [5.41, 5.74) is 0. The van der Waals surface area contributed by atoms with Gasteiger partial charge < -0.3 is 4.90 Å².